The average Bonchev–Trinajstić information content (AvgIpc) is 2.95. The first-order valence-corrected chi connectivity index (χ1v) is 12.4. The summed E-state index contributed by atoms with van der Waals surface area (Å²) in [6.45, 7) is 0.394. The van der Waals surface area contributed by atoms with Gasteiger partial charge >= 0.3 is 12.1 Å². The average molecular weight is 541 g/mol. The van der Waals surface area contributed by atoms with Gasteiger partial charge in [-0.3, -0.25) is 14.6 Å². The lowest BCUT2D eigenvalue weighted by Crippen LogP contribution is -2.09. The summed E-state index contributed by atoms with van der Waals surface area (Å²) in [5.41, 5.74) is 2.78. The Bertz CT molecular complexity index is 1700. The minimum Gasteiger partial charge on any atom is -0.481 e. The van der Waals surface area contributed by atoms with Crippen molar-refractivity contribution in [3.63, 3.8) is 0 Å². The number of anilines is 1. The summed E-state index contributed by atoms with van der Waals surface area (Å²) >= 11 is 0. The first-order valence-electron chi connectivity index (χ1n) is 12.4. The van der Waals surface area contributed by atoms with E-state index in [0.717, 1.165) is 17.3 Å². The van der Waals surface area contributed by atoms with Crippen molar-refractivity contribution in [2.75, 3.05) is 5.32 Å². The van der Waals surface area contributed by atoms with E-state index in [-0.39, 0.29) is 28.7 Å². The second-order valence-electron chi connectivity index (χ2n) is 9.26. The van der Waals surface area contributed by atoms with Crippen molar-refractivity contribution in [1.82, 2.24) is 4.98 Å². The largest absolute Gasteiger partial charge is 0.481 e. The van der Waals surface area contributed by atoms with Gasteiger partial charge in [0.05, 0.1) is 17.5 Å². The van der Waals surface area contributed by atoms with Crippen molar-refractivity contribution in [1.29, 1.82) is 0 Å². The fourth-order valence-corrected chi connectivity index (χ4v) is 4.64. The van der Waals surface area contributed by atoms with Gasteiger partial charge in [0.25, 0.3) is 0 Å². The Balaban J connectivity index is 1.56. The summed E-state index contributed by atoms with van der Waals surface area (Å²) in [5, 5.41) is 12.5. The highest BCUT2D eigenvalue weighted by Gasteiger charge is 2.34. The van der Waals surface area contributed by atoms with Gasteiger partial charge in [-0.2, -0.15) is 13.2 Å². The van der Waals surface area contributed by atoms with Gasteiger partial charge in [-0.05, 0) is 41.0 Å². The topological polar surface area (TPSA) is 79.3 Å². The van der Waals surface area contributed by atoms with Gasteiger partial charge in [0.15, 0.2) is 5.78 Å². The predicted octanol–water partition coefficient (Wildman–Crippen LogP) is 7.39. The number of fused-ring (bicyclic) bond motifs is 1. The van der Waals surface area contributed by atoms with E-state index in [4.69, 9.17) is 5.11 Å². The Morgan fingerprint density at radius 2 is 1.55 bits per heavy atom. The quantitative estimate of drug-likeness (QED) is 0.201. The Labute approximate surface area is 227 Å². The number of hydrogen-bond donors (Lipinski definition) is 2. The van der Waals surface area contributed by atoms with Gasteiger partial charge in [0.2, 0.25) is 0 Å². The molecule has 0 aliphatic rings. The number of hydrogen-bond acceptors (Lipinski definition) is 4. The highest BCUT2D eigenvalue weighted by Crippen LogP contribution is 2.39. The number of benzene rings is 4. The number of carboxylic acids is 1. The molecule has 2 N–H and O–H groups in total. The number of rotatable bonds is 8. The Hall–Kier alpha value is -4.98. The normalized spacial score (nSPS) is 11.4. The lowest BCUT2D eigenvalue weighted by molar-refractivity contribution is -0.137. The van der Waals surface area contributed by atoms with Gasteiger partial charge < -0.3 is 10.4 Å². The van der Waals surface area contributed by atoms with Crippen LogP contribution in [0.1, 0.15) is 32.6 Å². The maximum absolute atomic E-state index is 13.8. The van der Waals surface area contributed by atoms with Crippen LogP contribution >= 0.6 is 0 Å². The number of aliphatic carboxylic acids is 1. The lowest BCUT2D eigenvalue weighted by atomic mass is 9.90. The van der Waals surface area contributed by atoms with Crippen molar-refractivity contribution >= 4 is 28.3 Å². The molecule has 5 aromatic rings. The summed E-state index contributed by atoms with van der Waals surface area (Å²) in [5.74, 6) is -1.25. The molecule has 5 rings (SSSR count). The summed E-state index contributed by atoms with van der Waals surface area (Å²) in [6.07, 6.45) is -3.45. The zero-order valence-electron chi connectivity index (χ0n) is 21.1. The minimum atomic E-state index is -4.61. The molecule has 0 saturated heterocycles. The molecular weight excluding hydrogens is 517 g/mol. The van der Waals surface area contributed by atoms with E-state index in [1.54, 1.807) is 72.8 Å². The molecule has 4 aromatic carbocycles. The van der Waals surface area contributed by atoms with E-state index in [9.17, 15) is 22.8 Å². The van der Waals surface area contributed by atoms with Crippen LogP contribution in [0.2, 0.25) is 0 Å². The Kier molecular flexibility index (Phi) is 7.33. The fraction of sp³-hybridized carbons (Fsp3) is 0.0938. The predicted molar refractivity (Wildman–Crippen MR) is 147 cm³/mol. The monoisotopic (exact) mass is 540 g/mol. The number of carbonyl (C=O) groups excluding carboxylic acids is 1. The number of ketones is 1. The molecule has 1 heterocycles. The number of pyridine rings is 1. The molecule has 0 atom stereocenters. The number of halogens is 3. The Morgan fingerprint density at radius 3 is 2.25 bits per heavy atom. The first kappa shape index (κ1) is 26.6. The SMILES string of the molecule is O=C(O)Cc1ccc(NCc2cccc(-c3c(C(=O)c4ccccc4)cnc4c(C(F)(F)F)cccc34)c2)cc1. The highest BCUT2D eigenvalue weighted by atomic mass is 19.4. The van der Waals surface area contributed by atoms with Crippen molar-refractivity contribution in [3.8, 4) is 11.1 Å². The second-order valence-corrected chi connectivity index (χ2v) is 9.26. The van der Waals surface area contributed by atoms with E-state index < -0.39 is 17.7 Å². The highest BCUT2D eigenvalue weighted by molar-refractivity contribution is 6.16. The third-order valence-corrected chi connectivity index (χ3v) is 6.51. The summed E-state index contributed by atoms with van der Waals surface area (Å²) in [4.78, 5) is 28.6. The maximum Gasteiger partial charge on any atom is 0.418 e. The van der Waals surface area contributed by atoms with Crippen LogP contribution in [0.4, 0.5) is 18.9 Å². The van der Waals surface area contributed by atoms with E-state index in [2.05, 4.69) is 10.3 Å². The van der Waals surface area contributed by atoms with Crippen molar-refractivity contribution in [2.24, 2.45) is 0 Å². The number of nitrogens with one attached hydrogen (secondary N) is 1. The molecule has 40 heavy (non-hydrogen) atoms. The van der Waals surface area contributed by atoms with Gasteiger partial charge in [-0.1, -0.05) is 72.8 Å². The van der Waals surface area contributed by atoms with Crippen LogP contribution in [0.15, 0.2) is 103 Å². The second kappa shape index (κ2) is 11.0. The smallest absolute Gasteiger partial charge is 0.418 e. The fourth-order valence-electron chi connectivity index (χ4n) is 4.64. The molecule has 0 aliphatic carbocycles. The molecule has 0 saturated carbocycles. The van der Waals surface area contributed by atoms with E-state index in [1.165, 1.54) is 12.3 Å². The number of para-hydroxylation sites is 1. The lowest BCUT2D eigenvalue weighted by Gasteiger charge is -2.16. The van der Waals surface area contributed by atoms with Crippen molar-refractivity contribution in [3.05, 3.63) is 131 Å². The van der Waals surface area contributed by atoms with E-state index in [1.807, 2.05) is 12.1 Å². The van der Waals surface area contributed by atoms with Crippen LogP contribution in [0.5, 0.6) is 0 Å². The first-order chi connectivity index (χ1) is 19.2. The van der Waals surface area contributed by atoms with Gasteiger partial charge in [0, 0.05) is 40.5 Å². The zero-order valence-corrected chi connectivity index (χ0v) is 21.1. The molecule has 8 heteroatoms. The van der Waals surface area contributed by atoms with Crippen molar-refractivity contribution in [2.45, 2.75) is 19.1 Å². The van der Waals surface area contributed by atoms with E-state index in [0.29, 0.717) is 28.8 Å². The van der Waals surface area contributed by atoms with Crippen molar-refractivity contribution < 1.29 is 27.9 Å². The van der Waals surface area contributed by atoms with Gasteiger partial charge in [0.1, 0.15) is 0 Å². The summed E-state index contributed by atoms with van der Waals surface area (Å²) in [6, 6.07) is 26.7. The maximum atomic E-state index is 13.8. The third kappa shape index (κ3) is 5.71. The molecule has 200 valence electrons. The molecule has 5 nitrogen and oxygen atoms in total. The van der Waals surface area contributed by atoms with Crippen LogP contribution in [0.25, 0.3) is 22.0 Å². The standard InChI is InChI=1S/C32H23F3N2O3/c33-32(34,35)27-11-5-10-25-29(26(19-37-30(25)27)31(40)22-7-2-1-3-8-22)23-9-4-6-21(16-23)18-36-24-14-12-20(13-15-24)17-28(38)39/h1-16,19,36H,17-18H2,(H,38,39). The molecule has 0 radical (unpaired) electrons. The molecular formula is C32H23F3N2O3. The Morgan fingerprint density at radius 1 is 0.825 bits per heavy atom. The summed E-state index contributed by atoms with van der Waals surface area (Å²) in [7, 11) is 0. The van der Waals surface area contributed by atoms with Crippen LogP contribution in [0, 0.1) is 0 Å². The number of alkyl halides is 3. The van der Waals surface area contributed by atoms with Crippen LogP contribution < -0.4 is 5.32 Å². The van der Waals surface area contributed by atoms with E-state index >= 15 is 0 Å². The molecule has 0 bridgehead atoms. The molecule has 0 amide bonds. The number of nitrogens with zero attached hydrogens (tertiary/aromatic N) is 1. The molecule has 1 aromatic heterocycles. The minimum absolute atomic E-state index is 0.0672. The van der Waals surface area contributed by atoms with Crippen LogP contribution in [-0.4, -0.2) is 21.8 Å². The zero-order chi connectivity index (χ0) is 28.3. The molecule has 0 aliphatic heterocycles. The van der Waals surface area contributed by atoms with Crippen LogP contribution in [-0.2, 0) is 23.9 Å². The molecule has 0 spiro atoms. The number of carbonyl (C=O) groups is 2. The third-order valence-electron chi connectivity index (χ3n) is 6.51. The molecule has 0 fully saturated rings. The summed E-state index contributed by atoms with van der Waals surface area (Å²) < 4.78 is 41.5. The number of aromatic nitrogens is 1. The molecule has 0 unspecified atom stereocenters. The van der Waals surface area contributed by atoms with Gasteiger partial charge in [-0.25, -0.2) is 0 Å². The number of carboxylic acid groups (broad SMARTS) is 1. The van der Waals surface area contributed by atoms with Crippen LogP contribution in [0.3, 0.4) is 0 Å². The van der Waals surface area contributed by atoms with Gasteiger partial charge in [-0.15, -0.1) is 0 Å².